The number of hydrogen-bond acceptors (Lipinski definition) is 5. The number of amides is 1. The highest BCUT2D eigenvalue weighted by atomic mass is 35.5. The van der Waals surface area contributed by atoms with Crippen LogP contribution in [0.15, 0.2) is 18.2 Å². The van der Waals surface area contributed by atoms with Gasteiger partial charge in [-0.05, 0) is 31.5 Å². The number of ether oxygens (including phenoxy) is 1. The molecule has 1 aromatic rings. The monoisotopic (exact) mass is 363 g/mol. The molecular weight excluding hydrogens is 342 g/mol. The van der Waals surface area contributed by atoms with Crippen LogP contribution in [0.4, 0.5) is 0 Å². The molecule has 130 valence electrons. The minimum absolute atomic E-state index is 0.0392. The fourth-order valence-corrected chi connectivity index (χ4v) is 2.70. The molecule has 6 nitrogen and oxygen atoms in total. The maximum absolute atomic E-state index is 12.2. The lowest BCUT2D eigenvalue weighted by Crippen LogP contribution is -2.40. The highest BCUT2D eigenvalue weighted by molar-refractivity contribution is 7.86. The molecule has 1 atom stereocenters. The van der Waals surface area contributed by atoms with E-state index in [4.69, 9.17) is 20.5 Å². The summed E-state index contributed by atoms with van der Waals surface area (Å²) < 4.78 is 32.7. The summed E-state index contributed by atoms with van der Waals surface area (Å²) in [5, 5.41) is 0.434. The van der Waals surface area contributed by atoms with Gasteiger partial charge in [0.1, 0.15) is 12.4 Å². The fraction of sp³-hybridized carbons (Fsp3) is 0.533. The van der Waals surface area contributed by atoms with Gasteiger partial charge in [0, 0.05) is 30.3 Å². The summed E-state index contributed by atoms with van der Waals surface area (Å²) in [4.78, 5) is 13.9. The molecule has 0 saturated heterocycles. The van der Waals surface area contributed by atoms with Crippen molar-refractivity contribution in [3.05, 3.63) is 28.8 Å². The Morgan fingerprint density at radius 2 is 2.04 bits per heavy atom. The summed E-state index contributed by atoms with van der Waals surface area (Å²) in [5.41, 5.74) is 0.521. The number of nitrogens with zero attached hydrogens (tertiary/aromatic N) is 1. The summed E-state index contributed by atoms with van der Waals surface area (Å²) in [6.07, 6.45) is 1.71. The van der Waals surface area contributed by atoms with E-state index < -0.39 is 10.1 Å². The van der Waals surface area contributed by atoms with Gasteiger partial charge >= 0.3 is 10.1 Å². The molecule has 0 saturated carbocycles. The molecule has 1 rings (SSSR count). The van der Waals surface area contributed by atoms with Gasteiger partial charge in [0.15, 0.2) is 0 Å². The average Bonchev–Trinajstić information content (AvgIpc) is 2.45. The van der Waals surface area contributed by atoms with E-state index in [1.54, 1.807) is 11.0 Å². The van der Waals surface area contributed by atoms with Crippen LogP contribution < -0.4 is 4.18 Å². The summed E-state index contributed by atoms with van der Waals surface area (Å²) in [6.45, 7) is 4.01. The van der Waals surface area contributed by atoms with E-state index >= 15 is 0 Å². The van der Waals surface area contributed by atoms with Crippen molar-refractivity contribution in [1.29, 1.82) is 0 Å². The number of carbonyl (C=O) groups excluding carboxylic acids is 1. The van der Waals surface area contributed by atoms with Crippen molar-refractivity contribution in [3.63, 3.8) is 0 Å². The molecule has 0 heterocycles. The zero-order valence-corrected chi connectivity index (χ0v) is 15.3. The van der Waals surface area contributed by atoms with Crippen LogP contribution in [0.2, 0.25) is 5.02 Å². The minimum atomic E-state index is -3.68. The van der Waals surface area contributed by atoms with Crippen LogP contribution in [0.1, 0.15) is 25.8 Å². The van der Waals surface area contributed by atoms with Crippen LogP contribution in [-0.4, -0.2) is 45.2 Å². The second kappa shape index (κ2) is 8.52. The third-order valence-corrected chi connectivity index (χ3v) is 4.03. The van der Waals surface area contributed by atoms with Gasteiger partial charge in [0.2, 0.25) is 5.91 Å². The Balaban J connectivity index is 3.16. The number of halogens is 1. The van der Waals surface area contributed by atoms with Crippen molar-refractivity contribution < 1.29 is 22.1 Å². The molecule has 8 heteroatoms. The lowest BCUT2D eigenvalue weighted by molar-refractivity contribution is -0.138. The number of rotatable bonds is 8. The quantitative estimate of drug-likeness (QED) is 0.663. The predicted octanol–water partition coefficient (Wildman–Crippen LogP) is 2.45. The summed E-state index contributed by atoms with van der Waals surface area (Å²) in [6, 6.07) is 4.57. The smallest absolute Gasteiger partial charge is 0.306 e. The first kappa shape index (κ1) is 19.7. The first-order chi connectivity index (χ1) is 10.7. The molecule has 0 spiro atoms. The summed E-state index contributed by atoms with van der Waals surface area (Å²) in [5.74, 6) is -0.0254. The molecule has 1 amide bonds. The molecule has 0 radical (unpaired) electrons. The van der Waals surface area contributed by atoms with E-state index in [2.05, 4.69) is 0 Å². The van der Waals surface area contributed by atoms with Crippen LogP contribution >= 0.6 is 11.6 Å². The molecule has 0 bridgehead atoms. The summed E-state index contributed by atoms with van der Waals surface area (Å²) >= 11 is 5.99. The Labute approximate surface area is 142 Å². The Morgan fingerprint density at radius 3 is 2.57 bits per heavy atom. The van der Waals surface area contributed by atoms with Crippen molar-refractivity contribution in [2.75, 3.05) is 20.0 Å². The third-order valence-electron chi connectivity index (χ3n) is 3.32. The molecule has 0 unspecified atom stereocenters. The lowest BCUT2D eigenvalue weighted by atomic mass is 10.1. The average molecular weight is 364 g/mol. The van der Waals surface area contributed by atoms with Crippen LogP contribution in [0.25, 0.3) is 0 Å². The lowest BCUT2D eigenvalue weighted by Gasteiger charge is -2.29. The highest BCUT2D eigenvalue weighted by Crippen LogP contribution is 2.26. The minimum Gasteiger partial charge on any atom is -0.382 e. The molecular formula is C15H22ClNO5S. The van der Waals surface area contributed by atoms with E-state index in [1.807, 2.05) is 13.8 Å². The second-order valence-electron chi connectivity index (χ2n) is 5.25. The van der Waals surface area contributed by atoms with Gasteiger partial charge in [0.05, 0.1) is 6.26 Å². The van der Waals surface area contributed by atoms with Crippen LogP contribution in [0.3, 0.4) is 0 Å². The van der Waals surface area contributed by atoms with Crippen LogP contribution in [0.5, 0.6) is 5.75 Å². The van der Waals surface area contributed by atoms with Crippen molar-refractivity contribution in [2.45, 2.75) is 32.9 Å². The van der Waals surface area contributed by atoms with Crippen LogP contribution in [0, 0.1) is 0 Å². The molecule has 0 N–H and O–H groups in total. The summed E-state index contributed by atoms with van der Waals surface area (Å²) in [7, 11) is -2.23. The molecule has 23 heavy (non-hydrogen) atoms. The van der Waals surface area contributed by atoms with Crippen molar-refractivity contribution in [1.82, 2.24) is 4.90 Å². The van der Waals surface area contributed by atoms with Gasteiger partial charge < -0.3 is 13.8 Å². The third kappa shape index (κ3) is 6.37. The molecule has 0 aliphatic heterocycles. The van der Waals surface area contributed by atoms with Gasteiger partial charge in [0.25, 0.3) is 0 Å². The van der Waals surface area contributed by atoms with E-state index in [0.717, 1.165) is 12.7 Å². The first-order valence-corrected chi connectivity index (χ1v) is 9.33. The number of hydrogen-bond donors (Lipinski definition) is 0. The van der Waals surface area contributed by atoms with E-state index in [-0.39, 0.29) is 30.9 Å². The van der Waals surface area contributed by atoms with Gasteiger partial charge in [-0.25, -0.2) is 0 Å². The fourth-order valence-electron chi connectivity index (χ4n) is 2.02. The maximum atomic E-state index is 12.2. The second-order valence-corrected chi connectivity index (χ2v) is 7.26. The van der Waals surface area contributed by atoms with E-state index in [0.29, 0.717) is 10.6 Å². The maximum Gasteiger partial charge on any atom is 0.306 e. The predicted molar refractivity (Wildman–Crippen MR) is 89.1 cm³/mol. The van der Waals surface area contributed by atoms with E-state index in [9.17, 15) is 13.2 Å². The highest BCUT2D eigenvalue weighted by Gasteiger charge is 2.21. The molecule has 0 aliphatic rings. The zero-order valence-electron chi connectivity index (χ0n) is 13.7. The molecule has 0 aromatic heterocycles. The normalized spacial score (nSPS) is 12.7. The van der Waals surface area contributed by atoms with Gasteiger partial charge in [-0.2, -0.15) is 8.42 Å². The van der Waals surface area contributed by atoms with E-state index in [1.165, 1.54) is 19.2 Å². The Bertz CT molecular complexity index is 647. The van der Waals surface area contributed by atoms with Crippen molar-refractivity contribution in [2.24, 2.45) is 0 Å². The standard InChI is InChI=1S/C15H22ClNO5S/c1-5-11(2)17(15(18)10-21-3)9-12-8-13(16)6-7-14(12)22-23(4,19)20/h6-8,11H,5,9-10H2,1-4H3/t11-/m1/s1. The topological polar surface area (TPSA) is 72.9 Å². The number of carbonyl (C=O) groups is 1. The van der Waals surface area contributed by atoms with Crippen LogP contribution in [-0.2, 0) is 26.2 Å². The zero-order chi connectivity index (χ0) is 17.6. The number of benzene rings is 1. The largest absolute Gasteiger partial charge is 0.382 e. The number of methoxy groups -OCH3 is 1. The SMILES string of the molecule is CC[C@@H](C)N(Cc1cc(Cl)ccc1OS(C)(=O)=O)C(=O)COC. The Morgan fingerprint density at radius 1 is 1.39 bits per heavy atom. The molecule has 0 fully saturated rings. The van der Waals surface area contributed by atoms with Crippen molar-refractivity contribution >= 4 is 27.6 Å². The Hall–Kier alpha value is -1.31. The van der Waals surface area contributed by atoms with Gasteiger partial charge in [-0.1, -0.05) is 18.5 Å². The van der Waals surface area contributed by atoms with Gasteiger partial charge in [-0.15, -0.1) is 0 Å². The van der Waals surface area contributed by atoms with Crippen molar-refractivity contribution in [3.8, 4) is 5.75 Å². The van der Waals surface area contributed by atoms with Gasteiger partial charge in [-0.3, -0.25) is 4.79 Å². The molecule has 0 aliphatic carbocycles. The Kier molecular flexibility index (Phi) is 7.31. The molecule has 1 aromatic carbocycles. The first-order valence-electron chi connectivity index (χ1n) is 7.14.